The minimum atomic E-state index is -0.423. The summed E-state index contributed by atoms with van der Waals surface area (Å²) < 4.78 is 2.10. The predicted molar refractivity (Wildman–Crippen MR) is 119 cm³/mol. The number of aliphatic hydroxyl groups is 2. The number of halogens is 1. The Bertz CT molecular complexity index is 1110. The molecular weight excluding hydrogens is 404 g/mol. The number of para-hydroxylation sites is 2. The topological polar surface area (TPSA) is 104 Å². The van der Waals surface area contributed by atoms with Crippen LogP contribution in [0.3, 0.4) is 0 Å². The Labute approximate surface area is 180 Å². The van der Waals surface area contributed by atoms with Gasteiger partial charge in [-0.2, -0.15) is 0 Å². The maximum absolute atomic E-state index is 12.4. The van der Waals surface area contributed by atoms with Gasteiger partial charge >= 0.3 is 0 Å². The first-order chi connectivity index (χ1) is 14.1. The summed E-state index contributed by atoms with van der Waals surface area (Å²) in [5.41, 5.74) is 10.6. The summed E-state index contributed by atoms with van der Waals surface area (Å²) in [6.07, 6.45) is 4.19. The molecule has 0 atom stereocenters. The number of piperidine rings is 1. The Morgan fingerprint density at radius 3 is 2.43 bits per heavy atom. The summed E-state index contributed by atoms with van der Waals surface area (Å²) in [5, 5.41) is 19.6. The van der Waals surface area contributed by atoms with Crippen molar-refractivity contribution in [3.05, 3.63) is 41.0 Å². The van der Waals surface area contributed by atoms with Gasteiger partial charge in [-0.05, 0) is 55.4 Å². The monoisotopic (exact) mass is 430 g/mol. The molecule has 1 amide bonds. The van der Waals surface area contributed by atoms with Crippen molar-refractivity contribution in [2.75, 3.05) is 31.2 Å². The van der Waals surface area contributed by atoms with Crippen molar-refractivity contribution in [2.45, 2.75) is 32.1 Å². The summed E-state index contributed by atoms with van der Waals surface area (Å²) >= 11 is 0. The van der Waals surface area contributed by atoms with Gasteiger partial charge in [-0.3, -0.25) is 9.20 Å². The lowest BCUT2D eigenvalue weighted by atomic mass is 9.80. The average Bonchev–Trinajstić information content (AvgIpc) is 3.36. The van der Waals surface area contributed by atoms with Crippen LogP contribution in [0.1, 0.15) is 40.7 Å². The van der Waals surface area contributed by atoms with Crippen LogP contribution >= 0.6 is 12.4 Å². The molecule has 2 aromatic heterocycles. The van der Waals surface area contributed by atoms with Crippen molar-refractivity contribution in [2.24, 2.45) is 11.1 Å². The minimum absolute atomic E-state index is 0. The second-order valence-corrected chi connectivity index (χ2v) is 8.44. The fourth-order valence-corrected chi connectivity index (χ4v) is 5.09. The van der Waals surface area contributed by atoms with E-state index < -0.39 is 11.3 Å². The zero-order valence-electron chi connectivity index (χ0n) is 16.8. The Hall–Kier alpha value is -2.35. The van der Waals surface area contributed by atoms with Crippen molar-refractivity contribution >= 4 is 40.8 Å². The van der Waals surface area contributed by atoms with E-state index in [9.17, 15) is 15.0 Å². The number of amides is 1. The highest BCUT2D eigenvalue weighted by Crippen LogP contribution is 2.41. The number of benzene rings is 1. The number of carbonyl (C=O) groups is 1. The molecule has 8 heteroatoms. The number of rotatable bonds is 4. The summed E-state index contributed by atoms with van der Waals surface area (Å²) in [6, 6.07) is 7.92. The Morgan fingerprint density at radius 2 is 1.77 bits per heavy atom. The summed E-state index contributed by atoms with van der Waals surface area (Å²) in [4.78, 5) is 19.5. The normalized spacial score (nSPS) is 17.9. The lowest BCUT2D eigenvalue weighted by molar-refractivity contribution is 0.0339. The maximum Gasteiger partial charge on any atom is 0.252 e. The molecule has 30 heavy (non-hydrogen) atoms. The number of nitrogens with zero attached hydrogens (tertiary/aromatic N) is 3. The number of nitrogens with two attached hydrogens (primary N) is 1. The van der Waals surface area contributed by atoms with Crippen LogP contribution in [0.5, 0.6) is 0 Å². The van der Waals surface area contributed by atoms with Gasteiger partial charge in [0, 0.05) is 18.5 Å². The fourth-order valence-electron chi connectivity index (χ4n) is 5.09. The third-order valence-electron chi connectivity index (χ3n) is 6.83. The second-order valence-electron chi connectivity index (χ2n) is 8.44. The van der Waals surface area contributed by atoms with E-state index in [1.165, 1.54) is 5.56 Å². The van der Waals surface area contributed by atoms with Crippen LogP contribution in [0.4, 0.5) is 5.82 Å². The number of imidazole rings is 1. The van der Waals surface area contributed by atoms with E-state index in [0.717, 1.165) is 67.6 Å². The number of anilines is 1. The Balaban J connectivity index is 0.00000218. The number of primary amides is 1. The SMILES string of the molecule is Cl.NC(=O)c1c2c(c(N3CCC(CO)(CO)CC3)n3c1nc1ccccc13)CCC2. The Kier molecular flexibility index (Phi) is 5.38. The smallest absolute Gasteiger partial charge is 0.252 e. The van der Waals surface area contributed by atoms with Crippen molar-refractivity contribution < 1.29 is 15.0 Å². The fraction of sp³-hybridized carbons (Fsp3) is 0.455. The number of carbonyl (C=O) groups excluding carboxylic acids is 1. The van der Waals surface area contributed by atoms with E-state index in [2.05, 4.69) is 9.30 Å². The van der Waals surface area contributed by atoms with Crippen molar-refractivity contribution in [1.29, 1.82) is 0 Å². The van der Waals surface area contributed by atoms with Crippen LogP contribution in [-0.2, 0) is 12.8 Å². The molecule has 2 aliphatic rings. The minimum Gasteiger partial charge on any atom is -0.396 e. The standard InChI is InChI=1S/C22H26N4O3.ClH/c23-19(29)18-14-4-3-5-15(14)21(25-10-8-22(12-27,13-28)9-11-25)26-17-7-2-1-6-16(17)24-20(18)26;/h1-2,6-7,27-28H,3-5,8-13H2,(H2,23,29);1H. The number of hydrogen-bond donors (Lipinski definition) is 3. The molecule has 3 aromatic rings. The second kappa shape index (κ2) is 7.72. The van der Waals surface area contributed by atoms with Crippen molar-refractivity contribution in [3.8, 4) is 0 Å². The van der Waals surface area contributed by atoms with Crippen molar-refractivity contribution in [3.63, 3.8) is 0 Å². The molecule has 0 bridgehead atoms. The molecule has 1 aliphatic carbocycles. The van der Waals surface area contributed by atoms with E-state index >= 15 is 0 Å². The van der Waals surface area contributed by atoms with Crippen LogP contribution < -0.4 is 10.6 Å². The number of fused-ring (bicyclic) bond motifs is 4. The highest BCUT2D eigenvalue weighted by molar-refractivity contribution is 6.03. The predicted octanol–water partition coefficient (Wildman–Crippen LogP) is 2.07. The van der Waals surface area contributed by atoms with Gasteiger partial charge in [-0.1, -0.05) is 12.1 Å². The first-order valence-corrected chi connectivity index (χ1v) is 10.3. The molecule has 7 nitrogen and oxygen atoms in total. The molecule has 160 valence electrons. The number of aliphatic hydroxyl groups excluding tert-OH is 2. The van der Waals surface area contributed by atoms with E-state index in [1.807, 2.05) is 24.3 Å². The Morgan fingerprint density at radius 1 is 1.10 bits per heavy atom. The highest BCUT2D eigenvalue weighted by atomic mass is 35.5. The molecule has 0 unspecified atom stereocenters. The molecule has 0 spiro atoms. The molecule has 4 N–H and O–H groups in total. The summed E-state index contributed by atoms with van der Waals surface area (Å²) in [6.45, 7) is 1.48. The number of pyridine rings is 1. The molecule has 0 radical (unpaired) electrons. The molecule has 1 aliphatic heterocycles. The van der Waals surface area contributed by atoms with Crippen molar-refractivity contribution in [1.82, 2.24) is 9.38 Å². The van der Waals surface area contributed by atoms with Gasteiger partial charge in [0.1, 0.15) is 5.82 Å². The van der Waals surface area contributed by atoms with Crippen LogP contribution in [0, 0.1) is 5.41 Å². The average molecular weight is 431 g/mol. The van der Waals surface area contributed by atoms with Crippen LogP contribution in [0.25, 0.3) is 16.7 Å². The van der Waals surface area contributed by atoms with E-state index in [0.29, 0.717) is 11.2 Å². The van der Waals surface area contributed by atoms with Gasteiger partial charge in [0.25, 0.3) is 5.91 Å². The van der Waals surface area contributed by atoms with Crippen LogP contribution in [0.2, 0.25) is 0 Å². The third kappa shape index (κ3) is 2.95. The van der Waals surface area contributed by atoms with Gasteiger partial charge < -0.3 is 20.8 Å². The van der Waals surface area contributed by atoms with E-state index in [4.69, 9.17) is 10.7 Å². The molecule has 3 heterocycles. The number of aromatic nitrogens is 2. The first kappa shape index (κ1) is 20.9. The molecular formula is C22H27ClN4O3. The molecule has 5 rings (SSSR count). The van der Waals surface area contributed by atoms with E-state index in [1.54, 1.807) is 0 Å². The quantitative estimate of drug-likeness (QED) is 0.587. The van der Waals surface area contributed by atoms with E-state index in [-0.39, 0.29) is 25.6 Å². The van der Waals surface area contributed by atoms with Gasteiger partial charge in [0.15, 0.2) is 5.65 Å². The molecule has 1 aromatic carbocycles. The third-order valence-corrected chi connectivity index (χ3v) is 6.83. The van der Waals surface area contributed by atoms with Gasteiger partial charge in [0.05, 0.1) is 29.8 Å². The van der Waals surface area contributed by atoms with Gasteiger partial charge in [0.2, 0.25) is 0 Å². The highest BCUT2D eigenvalue weighted by Gasteiger charge is 2.36. The van der Waals surface area contributed by atoms with Crippen LogP contribution in [-0.4, -0.2) is 51.8 Å². The maximum atomic E-state index is 12.4. The summed E-state index contributed by atoms with van der Waals surface area (Å²) in [7, 11) is 0. The molecule has 0 saturated carbocycles. The van der Waals surface area contributed by atoms with Gasteiger partial charge in [-0.25, -0.2) is 4.98 Å². The zero-order chi connectivity index (χ0) is 20.2. The lowest BCUT2D eigenvalue weighted by Crippen LogP contribution is -2.45. The lowest BCUT2D eigenvalue weighted by Gasteiger charge is -2.41. The summed E-state index contributed by atoms with van der Waals surface area (Å²) in [5.74, 6) is 0.670. The molecule has 1 fully saturated rings. The van der Waals surface area contributed by atoms with Crippen LogP contribution in [0.15, 0.2) is 24.3 Å². The largest absolute Gasteiger partial charge is 0.396 e. The first-order valence-electron chi connectivity index (χ1n) is 10.3. The van der Waals surface area contributed by atoms with Gasteiger partial charge in [-0.15, -0.1) is 12.4 Å². The zero-order valence-corrected chi connectivity index (χ0v) is 17.6. The molecule has 1 saturated heterocycles. The number of hydrogen-bond acceptors (Lipinski definition) is 5.